The van der Waals surface area contributed by atoms with Gasteiger partial charge in [-0.05, 0) is 35.7 Å². The maximum Gasteiger partial charge on any atom is 0.232 e. The molecule has 0 fully saturated rings. The maximum atomic E-state index is 13.5. The molecular weight excluding hydrogens is 308 g/mol. The lowest BCUT2D eigenvalue weighted by Gasteiger charge is -2.16. The van der Waals surface area contributed by atoms with E-state index in [1.807, 2.05) is 18.2 Å². The first-order chi connectivity index (χ1) is 9.16. The van der Waals surface area contributed by atoms with Crippen molar-refractivity contribution in [1.82, 2.24) is 9.71 Å². The number of halogens is 3. The highest BCUT2D eigenvalue weighted by Gasteiger charge is 2.18. The van der Waals surface area contributed by atoms with Gasteiger partial charge in [-0.25, -0.2) is 9.98 Å². The molecule has 1 aliphatic heterocycles. The van der Waals surface area contributed by atoms with E-state index in [-0.39, 0.29) is 10.3 Å². The highest BCUT2D eigenvalue weighted by molar-refractivity contribution is 7.98. The Bertz CT molecular complexity index is 691. The molecule has 96 valence electrons. The van der Waals surface area contributed by atoms with Crippen LogP contribution in [0.2, 0.25) is 5.02 Å². The van der Waals surface area contributed by atoms with Gasteiger partial charge >= 0.3 is 0 Å². The number of hydrogen-bond donors (Lipinski definition) is 1. The van der Waals surface area contributed by atoms with Crippen LogP contribution in [0.4, 0.5) is 10.1 Å². The summed E-state index contributed by atoms with van der Waals surface area (Å²) in [6.07, 6.45) is 1.37. The quantitative estimate of drug-likeness (QED) is 0.482. The SMILES string of the molecule is Fc1nccc(-c2cccc3c2N=C(Cl)NS3)c1Cl. The van der Waals surface area contributed by atoms with Crippen LogP contribution in [0.25, 0.3) is 11.1 Å². The van der Waals surface area contributed by atoms with Crippen LogP contribution in [0.15, 0.2) is 40.4 Å². The molecule has 0 amide bonds. The fourth-order valence-electron chi connectivity index (χ4n) is 1.78. The summed E-state index contributed by atoms with van der Waals surface area (Å²) in [7, 11) is 0. The smallest absolute Gasteiger partial charge is 0.232 e. The van der Waals surface area contributed by atoms with Crippen LogP contribution in [0.1, 0.15) is 0 Å². The van der Waals surface area contributed by atoms with Gasteiger partial charge in [-0.15, -0.1) is 0 Å². The number of amidine groups is 1. The fourth-order valence-corrected chi connectivity index (χ4v) is 2.83. The van der Waals surface area contributed by atoms with E-state index >= 15 is 0 Å². The molecule has 0 radical (unpaired) electrons. The molecule has 2 aromatic rings. The molecule has 1 aromatic carbocycles. The molecule has 0 saturated carbocycles. The number of nitrogens with zero attached hydrogens (tertiary/aromatic N) is 2. The van der Waals surface area contributed by atoms with Crippen molar-refractivity contribution in [1.29, 1.82) is 0 Å². The normalized spacial score (nSPS) is 13.5. The summed E-state index contributed by atoms with van der Waals surface area (Å²) in [4.78, 5) is 8.65. The Morgan fingerprint density at radius 2 is 2.00 bits per heavy atom. The minimum absolute atomic E-state index is 0.0224. The third kappa shape index (κ3) is 2.29. The highest BCUT2D eigenvalue weighted by Crippen LogP contribution is 2.42. The van der Waals surface area contributed by atoms with E-state index in [0.29, 0.717) is 11.3 Å². The molecule has 2 heterocycles. The molecule has 3 nitrogen and oxygen atoms in total. The van der Waals surface area contributed by atoms with E-state index in [0.717, 1.165) is 10.5 Å². The molecule has 0 atom stereocenters. The number of hydrogen-bond acceptors (Lipinski definition) is 4. The topological polar surface area (TPSA) is 37.3 Å². The molecular formula is C12H6Cl2FN3S. The van der Waals surface area contributed by atoms with Crippen molar-refractivity contribution in [3.8, 4) is 11.1 Å². The standard InChI is InChI=1S/C12H6Cl2FN3S/c13-9-6(4-5-16-11(9)15)7-2-1-3-8-10(7)17-12(14)18-19-8/h1-5H,(H,17,18). The Morgan fingerprint density at radius 3 is 2.84 bits per heavy atom. The first-order valence-electron chi connectivity index (χ1n) is 5.27. The second kappa shape index (κ2) is 5.00. The van der Waals surface area contributed by atoms with Gasteiger partial charge in [-0.2, -0.15) is 4.39 Å². The van der Waals surface area contributed by atoms with E-state index in [2.05, 4.69) is 14.7 Å². The van der Waals surface area contributed by atoms with E-state index in [4.69, 9.17) is 23.2 Å². The number of nitrogens with one attached hydrogen (secondary N) is 1. The van der Waals surface area contributed by atoms with Crippen molar-refractivity contribution in [3.63, 3.8) is 0 Å². The summed E-state index contributed by atoms with van der Waals surface area (Å²) in [6, 6.07) is 7.22. The Morgan fingerprint density at radius 1 is 1.16 bits per heavy atom. The molecule has 1 N–H and O–H groups in total. The number of aromatic nitrogens is 1. The summed E-state index contributed by atoms with van der Waals surface area (Å²) < 4.78 is 16.3. The monoisotopic (exact) mass is 313 g/mol. The second-order valence-electron chi connectivity index (χ2n) is 3.72. The lowest BCUT2D eigenvalue weighted by atomic mass is 10.0. The van der Waals surface area contributed by atoms with Crippen molar-refractivity contribution >= 4 is 46.1 Å². The minimum Gasteiger partial charge on any atom is -0.300 e. The van der Waals surface area contributed by atoms with Crippen molar-refractivity contribution in [3.05, 3.63) is 41.4 Å². The summed E-state index contributed by atoms with van der Waals surface area (Å²) in [5.41, 5.74) is 1.93. The van der Waals surface area contributed by atoms with Gasteiger partial charge in [0, 0.05) is 17.3 Å². The summed E-state index contributed by atoms with van der Waals surface area (Å²) in [5, 5.41) is 0.251. The number of pyridine rings is 1. The number of fused-ring (bicyclic) bond motifs is 1. The largest absolute Gasteiger partial charge is 0.300 e. The van der Waals surface area contributed by atoms with Gasteiger partial charge in [0.1, 0.15) is 5.02 Å². The first-order valence-corrected chi connectivity index (χ1v) is 6.84. The molecule has 1 aliphatic rings. The average Bonchev–Trinajstić information content (AvgIpc) is 2.41. The van der Waals surface area contributed by atoms with Gasteiger partial charge in [0.15, 0.2) is 0 Å². The molecule has 19 heavy (non-hydrogen) atoms. The first kappa shape index (κ1) is 12.7. The predicted molar refractivity (Wildman–Crippen MR) is 76.6 cm³/mol. The van der Waals surface area contributed by atoms with Gasteiger partial charge in [-0.3, -0.25) is 0 Å². The molecule has 0 unspecified atom stereocenters. The summed E-state index contributed by atoms with van der Waals surface area (Å²) >= 11 is 13.2. The third-order valence-corrected chi connectivity index (χ3v) is 4.09. The Hall–Kier alpha value is -1.30. The Balaban J connectivity index is 2.25. The minimum atomic E-state index is -0.701. The molecule has 0 bridgehead atoms. The zero-order valence-electron chi connectivity index (χ0n) is 9.32. The van der Waals surface area contributed by atoms with Gasteiger partial charge in [0.25, 0.3) is 0 Å². The van der Waals surface area contributed by atoms with Crippen LogP contribution >= 0.6 is 35.1 Å². The van der Waals surface area contributed by atoms with Crippen LogP contribution in [0.5, 0.6) is 0 Å². The number of aliphatic imine (C=N–C) groups is 1. The maximum absolute atomic E-state index is 13.5. The van der Waals surface area contributed by atoms with Crippen molar-refractivity contribution in [2.75, 3.05) is 0 Å². The van der Waals surface area contributed by atoms with E-state index in [1.165, 1.54) is 18.1 Å². The molecule has 0 aliphatic carbocycles. The molecule has 1 aromatic heterocycles. The van der Waals surface area contributed by atoms with E-state index in [9.17, 15) is 4.39 Å². The Kier molecular flexibility index (Phi) is 3.35. The van der Waals surface area contributed by atoms with Crippen LogP contribution in [0.3, 0.4) is 0 Å². The van der Waals surface area contributed by atoms with Crippen LogP contribution in [0, 0.1) is 5.95 Å². The Labute approximate surface area is 123 Å². The predicted octanol–water partition coefficient (Wildman–Crippen LogP) is 4.38. The fraction of sp³-hybridized carbons (Fsp3) is 0. The third-order valence-electron chi connectivity index (χ3n) is 2.59. The number of rotatable bonds is 1. The highest BCUT2D eigenvalue weighted by atomic mass is 35.5. The molecule has 3 rings (SSSR count). The zero-order valence-corrected chi connectivity index (χ0v) is 11.7. The summed E-state index contributed by atoms with van der Waals surface area (Å²) in [5.74, 6) is -0.701. The van der Waals surface area contributed by atoms with Crippen LogP contribution in [-0.4, -0.2) is 10.3 Å². The van der Waals surface area contributed by atoms with E-state index < -0.39 is 5.95 Å². The van der Waals surface area contributed by atoms with Gasteiger partial charge in [0.05, 0.1) is 10.6 Å². The van der Waals surface area contributed by atoms with Crippen molar-refractivity contribution in [2.24, 2.45) is 4.99 Å². The van der Waals surface area contributed by atoms with Crippen LogP contribution in [-0.2, 0) is 0 Å². The second-order valence-corrected chi connectivity index (χ2v) is 5.31. The average molecular weight is 314 g/mol. The van der Waals surface area contributed by atoms with Gasteiger partial charge in [0.2, 0.25) is 11.2 Å². The summed E-state index contributed by atoms with van der Waals surface area (Å²) in [6.45, 7) is 0. The van der Waals surface area contributed by atoms with Crippen LogP contribution < -0.4 is 4.72 Å². The lowest BCUT2D eigenvalue weighted by Crippen LogP contribution is -2.11. The van der Waals surface area contributed by atoms with Gasteiger partial charge in [-0.1, -0.05) is 23.7 Å². The van der Waals surface area contributed by atoms with E-state index in [1.54, 1.807) is 6.07 Å². The van der Waals surface area contributed by atoms with Gasteiger partial charge < -0.3 is 4.72 Å². The molecule has 0 saturated heterocycles. The van der Waals surface area contributed by atoms with Crippen molar-refractivity contribution in [2.45, 2.75) is 4.90 Å². The van der Waals surface area contributed by atoms with Crippen molar-refractivity contribution < 1.29 is 4.39 Å². The molecule has 7 heteroatoms. The number of para-hydroxylation sites is 1. The molecule has 0 spiro atoms. The zero-order chi connectivity index (χ0) is 13.4. The lowest BCUT2D eigenvalue weighted by molar-refractivity contribution is 0.585. The number of benzene rings is 1.